The Kier molecular flexibility index (Phi) is 4.43. The maximum atomic E-state index is 13.9. The number of likely N-dealkylation sites (tertiary alicyclic amines) is 1. The van der Waals surface area contributed by atoms with Gasteiger partial charge in [-0.15, -0.1) is 5.10 Å². The second kappa shape index (κ2) is 6.90. The van der Waals surface area contributed by atoms with Crippen LogP contribution in [-0.2, 0) is 17.8 Å². The topological polar surface area (TPSA) is 96.8 Å². The molecular weight excluding hydrogens is 351 g/mol. The zero-order valence-electron chi connectivity index (χ0n) is 14.9. The Morgan fingerprint density at radius 1 is 1.37 bits per heavy atom. The summed E-state index contributed by atoms with van der Waals surface area (Å²) in [4.78, 5) is 33.3. The van der Waals surface area contributed by atoms with Gasteiger partial charge in [0.15, 0.2) is 11.2 Å². The Morgan fingerprint density at radius 2 is 2.19 bits per heavy atom. The highest BCUT2D eigenvalue weighted by atomic mass is 19.1. The van der Waals surface area contributed by atoms with E-state index in [4.69, 9.17) is 0 Å². The van der Waals surface area contributed by atoms with Gasteiger partial charge in [-0.05, 0) is 31.4 Å². The summed E-state index contributed by atoms with van der Waals surface area (Å²) in [6.07, 6.45) is 1.71. The van der Waals surface area contributed by atoms with Gasteiger partial charge < -0.3 is 9.88 Å². The molecule has 3 aromatic rings. The number of hydrogen-bond acceptors (Lipinski definition) is 5. The first-order valence-corrected chi connectivity index (χ1v) is 8.86. The summed E-state index contributed by atoms with van der Waals surface area (Å²) in [7, 11) is 0. The number of carbonyl (C=O) groups is 1. The lowest BCUT2D eigenvalue weighted by Gasteiger charge is -2.24. The molecule has 1 aromatic carbocycles. The van der Waals surface area contributed by atoms with Crippen LogP contribution < -0.4 is 5.56 Å². The van der Waals surface area contributed by atoms with E-state index in [0.29, 0.717) is 30.1 Å². The largest absolute Gasteiger partial charge is 0.338 e. The number of hydrogen-bond donors (Lipinski definition) is 1. The number of nitrogens with zero attached hydrogens (tertiary/aromatic N) is 5. The Balaban J connectivity index is 1.55. The van der Waals surface area contributed by atoms with Crippen molar-refractivity contribution in [2.75, 3.05) is 6.54 Å². The van der Waals surface area contributed by atoms with E-state index in [1.807, 2.05) is 0 Å². The van der Waals surface area contributed by atoms with Crippen molar-refractivity contribution < 1.29 is 9.18 Å². The van der Waals surface area contributed by atoms with E-state index in [9.17, 15) is 14.0 Å². The van der Waals surface area contributed by atoms with E-state index in [0.717, 1.165) is 12.8 Å². The molecule has 8 nitrogen and oxygen atoms in total. The Morgan fingerprint density at radius 3 is 3.00 bits per heavy atom. The second-order valence-electron chi connectivity index (χ2n) is 6.75. The summed E-state index contributed by atoms with van der Waals surface area (Å²) in [5.41, 5.74) is 0.651. The smallest absolute Gasteiger partial charge is 0.281 e. The van der Waals surface area contributed by atoms with E-state index in [-0.39, 0.29) is 35.3 Å². The highest BCUT2D eigenvalue weighted by molar-refractivity contribution is 5.79. The molecule has 0 bridgehead atoms. The number of aromatic amines is 1. The Labute approximate surface area is 154 Å². The van der Waals surface area contributed by atoms with Crippen LogP contribution in [-0.4, -0.2) is 48.4 Å². The number of rotatable bonds is 4. The van der Waals surface area contributed by atoms with E-state index in [2.05, 4.69) is 20.3 Å². The lowest BCUT2D eigenvalue weighted by Crippen LogP contribution is -2.39. The van der Waals surface area contributed by atoms with E-state index in [1.165, 1.54) is 6.07 Å². The lowest BCUT2D eigenvalue weighted by atomic mass is 10.1. The minimum Gasteiger partial charge on any atom is -0.338 e. The summed E-state index contributed by atoms with van der Waals surface area (Å²) in [5.74, 6) is -0.00765. The molecule has 0 spiro atoms. The number of benzene rings is 1. The van der Waals surface area contributed by atoms with Crippen molar-refractivity contribution in [2.24, 2.45) is 0 Å². The monoisotopic (exact) mass is 370 g/mol. The Bertz CT molecular complexity index is 1060. The highest BCUT2D eigenvalue weighted by Crippen LogP contribution is 2.21. The molecule has 27 heavy (non-hydrogen) atoms. The molecule has 1 N–H and O–H groups in total. The fraction of sp³-hybridized carbons (Fsp3) is 0.389. The molecule has 0 saturated carbocycles. The van der Waals surface area contributed by atoms with E-state index in [1.54, 1.807) is 34.7 Å². The van der Waals surface area contributed by atoms with Crippen molar-refractivity contribution in [2.45, 2.75) is 38.8 Å². The number of H-pyrrole nitrogens is 1. The first kappa shape index (κ1) is 17.3. The van der Waals surface area contributed by atoms with Crippen molar-refractivity contribution in [1.82, 2.24) is 29.9 Å². The molecule has 1 atom stereocenters. The highest BCUT2D eigenvalue weighted by Gasteiger charge is 2.30. The van der Waals surface area contributed by atoms with Gasteiger partial charge in [0.2, 0.25) is 5.91 Å². The first-order valence-electron chi connectivity index (χ1n) is 8.86. The summed E-state index contributed by atoms with van der Waals surface area (Å²) < 4.78 is 15.4. The maximum Gasteiger partial charge on any atom is 0.281 e. The predicted octanol–water partition coefficient (Wildman–Crippen LogP) is 1.20. The number of fused-ring (bicyclic) bond motifs is 1. The minimum absolute atomic E-state index is 0.0261. The van der Waals surface area contributed by atoms with Crippen LogP contribution >= 0.6 is 0 Å². The summed E-state index contributed by atoms with van der Waals surface area (Å²) in [5, 5.41) is 7.94. The average Bonchev–Trinajstić information content (AvgIpc) is 3.25. The van der Waals surface area contributed by atoms with Crippen molar-refractivity contribution in [1.29, 1.82) is 0 Å². The first-order chi connectivity index (χ1) is 13.0. The van der Waals surface area contributed by atoms with Gasteiger partial charge in [-0.25, -0.2) is 14.1 Å². The summed E-state index contributed by atoms with van der Waals surface area (Å²) >= 11 is 0. The quantitative estimate of drug-likeness (QED) is 0.744. The van der Waals surface area contributed by atoms with E-state index < -0.39 is 0 Å². The number of nitrogens with one attached hydrogen (secondary N) is 1. The summed E-state index contributed by atoms with van der Waals surface area (Å²) in [6, 6.07) is 6.23. The van der Waals surface area contributed by atoms with Gasteiger partial charge in [-0.3, -0.25) is 9.59 Å². The SMILES string of the molecule is Cc1nc2c(nnn2C[C@H]2CCCN2C(=O)Cc2ccccc2F)c(=O)[nH]1. The molecule has 9 heteroatoms. The normalized spacial score (nSPS) is 17.0. The minimum atomic E-state index is -0.372. The molecule has 1 fully saturated rings. The molecule has 3 heterocycles. The van der Waals surface area contributed by atoms with Gasteiger partial charge in [-0.1, -0.05) is 23.4 Å². The standard InChI is InChI=1S/C18H19FN6O2/c1-11-20-17-16(18(27)21-11)22-23-25(17)10-13-6-4-8-24(13)15(26)9-12-5-2-3-7-14(12)19/h2-3,5,7,13H,4,6,8-10H2,1H3,(H,20,21,27)/t13-/m1/s1. The van der Waals surface area contributed by atoms with Crippen LogP contribution in [0.1, 0.15) is 24.2 Å². The molecule has 1 aliphatic heterocycles. The molecule has 2 aromatic heterocycles. The van der Waals surface area contributed by atoms with Crippen LogP contribution in [0.2, 0.25) is 0 Å². The van der Waals surface area contributed by atoms with Crippen molar-refractivity contribution >= 4 is 17.1 Å². The van der Waals surface area contributed by atoms with Gasteiger partial charge in [-0.2, -0.15) is 0 Å². The second-order valence-corrected chi connectivity index (χ2v) is 6.75. The van der Waals surface area contributed by atoms with Crippen LogP contribution in [0.5, 0.6) is 0 Å². The molecule has 4 rings (SSSR count). The lowest BCUT2D eigenvalue weighted by molar-refractivity contribution is -0.131. The van der Waals surface area contributed by atoms with Crippen LogP contribution in [0.4, 0.5) is 4.39 Å². The van der Waals surface area contributed by atoms with Crippen molar-refractivity contribution in [3.8, 4) is 0 Å². The van der Waals surface area contributed by atoms with Gasteiger partial charge in [0.25, 0.3) is 5.56 Å². The third kappa shape index (κ3) is 3.32. The number of carbonyl (C=O) groups excluding carboxylic acids is 1. The fourth-order valence-electron chi connectivity index (χ4n) is 3.56. The van der Waals surface area contributed by atoms with Gasteiger partial charge in [0.05, 0.1) is 19.0 Å². The zero-order chi connectivity index (χ0) is 19.0. The zero-order valence-corrected chi connectivity index (χ0v) is 14.9. The molecule has 1 saturated heterocycles. The molecule has 0 unspecified atom stereocenters. The molecule has 1 amide bonds. The fourth-order valence-corrected chi connectivity index (χ4v) is 3.56. The third-order valence-electron chi connectivity index (χ3n) is 4.87. The molecule has 1 aliphatic rings. The van der Waals surface area contributed by atoms with Gasteiger partial charge in [0.1, 0.15) is 11.6 Å². The number of halogens is 1. The van der Waals surface area contributed by atoms with Crippen molar-refractivity contribution in [3.63, 3.8) is 0 Å². The van der Waals surface area contributed by atoms with E-state index >= 15 is 0 Å². The van der Waals surface area contributed by atoms with Crippen LogP contribution in [0.15, 0.2) is 29.1 Å². The number of aromatic nitrogens is 5. The Hall–Kier alpha value is -3.10. The maximum absolute atomic E-state index is 13.9. The van der Waals surface area contributed by atoms with Gasteiger partial charge >= 0.3 is 0 Å². The molecular formula is C18H19FN6O2. The molecule has 140 valence electrons. The van der Waals surface area contributed by atoms with Crippen molar-refractivity contribution in [3.05, 3.63) is 51.8 Å². The number of amides is 1. The summed E-state index contributed by atoms with van der Waals surface area (Å²) in [6.45, 7) is 2.71. The average molecular weight is 370 g/mol. The van der Waals surface area contributed by atoms with Crippen LogP contribution in [0, 0.1) is 12.7 Å². The van der Waals surface area contributed by atoms with Crippen LogP contribution in [0.25, 0.3) is 11.2 Å². The predicted molar refractivity (Wildman–Crippen MR) is 95.5 cm³/mol. The van der Waals surface area contributed by atoms with Crippen LogP contribution in [0.3, 0.4) is 0 Å². The third-order valence-corrected chi connectivity index (χ3v) is 4.87. The number of aryl methyl sites for hydroxylation is 1. The van der Waals surface area contributed by atoms with Gasteiger partial charge in [0, 0.05) is 6.54 Å². The molecule has 0 aliphatic carbocycles. The molecule has 0 radical (unpaired) electrons.